The molecule has 0 fully saturated rings. The molecule has 1 amide bonds. The molecule has 92 valence electrons. The van der Waals surface area contributed by atoms with Crippen LogP contribution in [0.2, 0.25) is 0 Å². The maximum atomic E-state index is 11.7. The molecular weight excluding hydrogens is 228 g/mol. The summed E-state index contributed by atoms with van der Waals surface area (Å²) >= 11 is 0. The topological polar surface area (TPSA) is 51.1 Å². The number of ketones is 1. The van der Waals surface area contributed by atoms with Crippen molar-refractivity contribution in [2.24, 2.45) is 0 Å². The lowest BCUT2D eigenvalue weighted by molar-refractivity contribution is -0.116. The number of aromatic nitrogens is 1. The van der Waals surface area contributed by atoms with Gasteiger partial charge in [0.2, 0.25) is 5.91 Å². The maximum Gasteiger partial charge on any atom is 0.244 e. The number of para-hydroxylation sites is 1. The lowest BCUT2D eigenvalue weighted by Crippen LogP contribution is -2.17. The smallest absolute Gasteiger partial charge is 0.244 e. The zero-order valence-corrected chi connectivity index (χ0v) is 10.1. The Kier molecular flexibility index (Phi) is 3.57. The number of nitrogens with zero attached hydrogens (tertiary/aromatic N) is 1. The molecule has 0 radical (unpaired) electrons. The van der Waals surface area contributed by atoms with Crippen LogP contribution in [-0.2, 0) is 11.3 Å². The second kappa shape index (κ2) is 5.31. The van der Waals surface area contributed by atoms with Gasteiger partial charge in [0, 0.05) is 23.6 Å². The first kappa shape index (κ1) is 12.1. The van der Waals surface area contributed by atoms with Crippen LogP contribution >= 0.6 is 0 Å². The fourth-order valence-corrected chi connectivity index (χ4v) is 1.64. The van der Waals surface area contributed by atoms with Crippen molar-refractivity contribution in [1.82, 2.24) is 4.57 Å². The minimum absolute atomic E-state index is 0.00258. The molecule has 2 aromatic rings. The van der Waals surface area contributed by atoms with E-state index in [4.69, 9.17) is 0 Å². The highest BCUT2D eigenvalue weighted by atomic mass is 16.2. The van der Waals surface area contributed by atoms with E-state index in [1.54, 1.807) is 23.0 Å². The summed E-state index contributed by atoms with van der Waals surface area (Å²) in [4.78, 5) is 22.9. The highest BCUT2D eigenvalue weighted by Crippen LogP contribution is 2.06. The summed E-state index contributed by atoms with van der Waals surface area (Å²) in [6, 6.07) is 11.0. The Bertz CT molecular complexity index is 558. The average molecular weight is 242 g/mol. The fraction of sp³-hybridized carbons (Fsp3) is 0.143. The van der Waals surface area contributed by atoms with Gasteiger partial charge in [-0.2, -0.15) is 0 Å². The highest BCUT2D eigenvalue weighted by Gasteiger charge is 2.05. The Morgan fingerprint density at radius 3 is 2.50 bits per heavy atom. The Labute approximate surface area is 105 Å². The predicted molar refractivity (Wildman–Crippen MR) is 69.5 cm³/mol. The molecule has 2 rings (SSSR count). The van der Waals surface area contributed by atoms with Gasteiger partial charge in [-0.05, 0) is 25.1 Å². The van der Waals surface area contributed by atoms with Crippen LogP contribution in [0.3, 0.4) is 0 Å². The van der Waals surface area contributed by atoms with Crippen LogP contribution in [0.15, 0.2) is 48.8 Å². The summed E-state index contributed by atoms with van der Waals surface area (Å²) in [6.45, 7) is 1.70. The molecule has 0 bridgehead atoms. The van der Waals surface area contributed by atoms with Crippen LogP contribution in [0.25, 0.3) is 0 Å². The van der Waals surface area contributed by atoms with Crippen molar-refractivity contribution in [3.63, 3.8) is 0 Å². The number of carbonyl (C=O) groups excluding carboxylic acids is 2. The number of anilines is 1. The molecule has 0 aliphatic carbocycles. The first-order chi connectivity index (χ1) is 8.65. The zero-order chi connectivity index (χ0) is 13.0. The second-order valence-electron chi connectivity index (χ2n) is 4.04. The summed E-state index contributed by atoms with van der Waals surface area (Å²) in [5.41, 5.74) is 1.38. The third kappa shape index (κ3) is 3.07. The molecule has 0 saturated carbocycles. The Balaban J connectivity index is 1.97. The lowest BCUT2D eigenvalue weighted by Gasteiger charge is -2.05. The van der Waals surface area contributed by atoms with E-state index in [1.165, 1.54) is 6.92 Å². The van der Waals surface area contributed by atoms with E-state index in [0.29, 0.717) is 5.56 Å². The van der Waals surface area contributed by atoms with Crippen molar-refractivity contribution in [1.29, 1.82) is 0 Å². The normalized spacial score (nSPS) is 10.1. The van der Waals surface area contributed by atoms with Gasteiger partial charge >= 0.3 is 0 Å². The molecule has 0 atom stereocenters. The van der Waals surface area contributed by atoms with Crippen LogP contribution in [0.4, 0.5) is 5.69 Å². The predicted octanol–water partition coefficient (Wildman–Crippen LogP) is 2.33. The molecule has 0 aliphatic heterocycles. The van der Waals surface area contributed by atoms with Gasteiger partial charge in [0.15, 0.2) is 5.78 Å². The molecular formula is C14H14N2O2. The zero-order valence-electron chi connectivity index (χ0n) is 10.1. The molecule has 0 spiro atoms. The van der Waals surface area contributed by atoms with Crippen molar-refractivity contribution in [2.45, 2.75) is 13.5 Å². The van der Waals surface area contributed by atoms with Crippen molar-refractivity contribution in [2.75, 3.05) is 5.32 Å². The minimum atomic E-state index is -0.119. The number of Topliss-reactive ketones (excluding diaryl/α,β-unsaturated/α-hetero) is 1. The van der Waals surface area contributed by atoms with Gasteiger partial charge in [-0.15, -0.1) is 0 Å². The second-order valence-corrected chi connectivity index (χ2v) is 4.04. The van der Waals surface area contributed by atoms with Crippen LogP contribution in [-0.4, -0.2) is 16.3 Å². The largest absolute Gasteiger partial charge is 0.344 e. The van der Waals surface area contributed by atoms with Gasteiger partial charge in [0.25, 0.3) is 0 Å². The van der Waals surface area contributed by atoms with Gasteiger partial charge < -0.3 is 9.88 Å². The fourth-order valence-electron chi connectivity index (χ4n) is 1.64. The number of nitrogens with one attached hydrogen (secondary N) is 1. The van der Waals surface area contributed by atoms with Crippen LogP contribution < -0.4 is 5.32 Å². The average Bonchev–Trinajstić information content (AvgIpc) is 2.78. The minimum Gasteiger partial charge on any atom is -0.344 e. The molecule has 0 saturated heterocycles. The summed E-state index contributed by atoms with van der Waals surface area (Å²) in [7, 11) is 0. The van der Waals surface area contributed by atoms with Gasteiger partial charge in [0.05, 0.1) is 0 Å². The number of hydrogen-bond donors (Lipinski definition) is 1. The summed E-state index contributed by atoms with van der Waals surface area (Å²) < 4.78 is 1.69. The molecule has 0 aliphatic rings. The Morgan fingerprint density at radius 1 is 1.17 bits per heavy atom. The first-order valence-corrected chi connectivity index (χ1v) is 5.67. The van der Waals surface area contributed by atoms with Crippen LogP contribution in [0, 0.1) is 0 Å². The van der Waals surface area contributed by atoms with E-state index in [1.807, 2.05) is 30.3 Å². The van der Waals surface area contributed by atoms with E-state index in [0.717, 1.165) is 5.69 Å². The third-order valence-corrected chi connectivity index (χ3v) is 2.54. The molecule has 1 N–H and O–H groups in total. The van der Waals surface area contributed by atoms with Gasteiger partial charge in [-0.3, -0.25) is 9.59 Å². The van der Waals surface area contributed by atoms with Crippen LogP contribution in [0.5, 0.6) is 0 Å². The van der Waals surface area contributed by atoms with Gasteiger partial charge in [0.1, 0.15) is 6.54 Å². The molecule has 18 heavy (non-hydrogen) atoms. The molecule has 1 heterocycles. The highest BCUT2D eigenvalue weighted by molar-refractivity contribution is 5.94. The monoisotopic (exact) mass is 242 g/mol. The number of rotatable bonds is 4. The lowest BCUT2D eigenvalue weighted by atomic mass is 10.2. The van der Waals surface area contributed by atoms with Crippen molar-refractivity contribution in [3.8, 4) is 0 Å². The quantitative estimate of drug-likeness (QED) is 0.836. The van der Waals surface area contributed by atoms with Crippen molar-refractivity contribution in [3.05, 3.63) is 54.4 Å². The van der Waals surface area contributed by atoms with Crippen molar-refractivity contribution < 1.29 is 9.59 Å². The summed E-state index contributed by atoms with van der Waals surface area (Å²) in [5, 5.41) is 2.78. The molecule has 4 nitrogen and oxygen atoms in total. The molecule has 1 aromatic heterocycles. The number of amides is 1. The SMILES string of the molecule is CC(=O)c1ccn(CC(=O)Nc2ccccc2)c1. The Hall–Kier alpha value is -2.36. The van der Waals surface area contributed by atoms with Gasteiger partial charge in [-0.1, -0.05) is 18.2 Å². The van der Waals surface area contributed by atoms with E-state index in [-0.39, 0.29) is 18.2 Å². The van der Waals surface area contributed by atoms with E-state index >= 15 is 0 Å². The number of carbonyl (C=O) groups is 2. The standard InChI is InChI=1S/C14H14N2O2/c1-11(17)12-7-8-16(9-12)10-14(18)15-13-5-3-2-4-6-13/h2-9H,10H2,1H3,(H,15,18). The van der Waals surface area contributed by atoms with E-state index in [9.17, 15) is 9.59 Å². The van der Waals surface area contributed by atoms with E-state index < -0.39 is 0 Å². The first-order valence-electron chi connectivity index (χ1n) is 5.67. The molecule has 1 aromatic carbocycles. The third-order valence-electron chi connectivity index (χ3n) is 2.54. The van der Waals surface area contributed by atoms with Crippen LogP contribution in [0.1, 0.15) is 17.3 Å². The Morgan fingerprint density at radius 2 is 1.89 bits per heavy atom. The number of benzene rings is 1. The van der Waals surface area contributed by atoms with Crippen molar-refractivity contribution >= 4 is 17.4 Å². The summed E-state index contributed by atoms with van der Waals surface area (Å²) in [5.74, 6) is -0.121. The molecule has 0 unspecified atom stereocenters. The maximum absolute atomic E-state index is 11.7. The van der Waals surface area contributed by atoms with E-state index in [2.05, 4.69) is 5.32 Å². The summed E-state index contributed by atoms with van der Waals surface area (Å²) in [6.07, 6.45) is 3.40. The molecule has 4 heteroatoms. The number of hydrogen-bond acceptors (Lipinski definition) is 2. The van der Waals surface area contributed by atoms with Gasteiger partial charge in [-0.25, -0.2) is 0 Å².